The zero-order valence-electron chi connectivity index (χ0n) is 17.5. The molecule has 3 rings (SSSR count). The number of amides is 3. The molecule has 158 valence electrons. The fraction of sp³-hybridized carbons (Fsp3) is 0.375. The Morgan fingerprint density at radius 2 is 1.57 bits per heavy atom. The number of hydrogen-bond acceptors (Lipinski definition) is 4. The Balaban J connectivity index is 1.71. The molecule has 0 bridgehead atoms. The summed E-state index contributed by atoms with van der Waals surface area (Å²) in [7, 11) is 0. The molecule has 0 fully saturated rings. The van der Waals surface area contributed by atoms with Crippen LogP contribution in [0.3, 0.4) is 0 Å². The number of nitrogens with zero attached hydrogens (tertiary/aromatic N) is 1. The number of hydrogen-bond donors (Lipinski definition) is 1. The standard InChI is InChI=1S/C24H28N2O4/c1-17(2)16-30-14-8-13-25-22(27)21(15-18-9-4-3-5-10-18)26-23(28)19-11-6-7-12-20(19)24(26)29/h3-7,9-12,17,21H,8,13-16H2,1-2H3,(H,25,27)/t21-/m0/s1. The lowest BCUT2D eigenvalue weighted by Crippen LogP contribution is -2.51. The molecule has 1 aliphatic rings. The van der Waals surface area contributed by atoms with Gasteiger partial charge in [0.25, 0.3) is 11.8 Å². The van der Waals surface area contributed by atoms with Gasteiger partial charge in [0.1, 0.15) is 6.04 Å². The number of fused-ring (bicyclic) bond motifs is 1. The van der Waals surface area contributed by atoms with Crippen LogP contribution in [0.25, 0.3) is 0 Å². The first kappa shape index (κ1) is 21.7. The highest BCUT2D eigenvalue weighted by molar-refractivity contribution is 6.22. The number of rotatable bonds is 10. The molecular formula is C24H28N2O4. The topological polar surface area (TPSA) is 75.7 Å². The molecule has 30 heavy (non-hydrogen) atoms. The van der Waals surface area contributed by atoms with E-state index in [2.05, 4.69) is 19.2 Å². The Morgan fingerprint density at radius 3 is 2.17 bits per heavy atom. The summed E-state index contributed by atoms with van der Waals surface area (Å²) in [5.41, 5.74) is 1.57. The molecule has 6 heteroatoms. The molecule has 0 radical (unpaired) electrons. The minimum Gasteiger partial charge on any atom is -0.381 e. The minimum absolute atomic E-state index is 0.266. The number of benzene rings is 2. The second-order valence-electron chi connectivity index (χ2n) is 7.84. The van der Waals surface area contributed by atoms with E-state index in [1.807, 2.05) is 30.3 Å². The van der Waals surface area contributed by atoms with Gasteiger partial charge in [-0.25, -0.2) is 0 Å². The van der Waals surface area contributed by atoms with Crippen molar-refractivity contribution in [3.63, 3.8) is 0 Å². The van der Waals surface area contributed by atoms with Gasteiger partial charge in [-0.1, -0.05) is 56.3 Å². The first-order valence-corrected chi connectivity index (χ1v) is 10.4. The Bertz CT molecular complexity index is 860. The van der Waals surface area contributed by atoms with Crippen LogP contribution in [0.1, 0.15) is 46.5 Å². The van der Waals surface area contributed by atoms with Crippen LogP contribution in [0, 0.1) is 5.92 Å². The van der Waals surface area contributed by atoms with Gasteiger partial charge in [0.15, 0.2) is 0 Å². The zero-order chi connectivity index (χ0) is 21.5. The van der Waals surface area contributed by atoms with Crippen LogP contribution in [0.5, 0.6) is 0 Å². The number of imide groups is 1. The van der Waals surface area contributed by atoms with Gasteiger partial charge in [0.05, 0.1) is 11.1 Å². The highest BCUT2D eigenvalue weighted by Gasteiger charge is 2.42. The summed E-state index contributed by atoms with van der Waals surface area (Å²) in [6.07, 6.45) is 0.931. The normalized spacial score (nSPS) is 14.2. The number of ether oxygens (including phenoxy) is 1. The third-order valence-electron chi connectivity index (χ3n) is 4.93. The van der Waals surface area contributed by atoms with E-state index in [9.17, 15) is 14.4 Å². The lowest BCUT2D eigenvalue weighted by atomic mass is 10.0. The van der Waals surface area contributed by atoms with Crippen molar-refractivity contribution in [2.24, 2.45) is 5.92 Å². The summed E-state index contributed by atoms with van der Waals surface area (Å²) in [5.74, 6) is -0.722. The van der Waals surface area contributed by atoms with Crippen LogP contribution in [-0.2, 0) is 16.0 Å². The maximum Gasteiger partial charge on any atom is 0.262 e. The molecular weight excluding hydrogens is 380 g/mol. The van der Waals surface area contributed by atoms with Gasteiger partial charge < -0.3 is 10.1 Å². The van der Waals surface area contributed by atoms with Crippen LogP contribution in [0.4, 0.5) is 0 Å². The zero-order valence-corrected chi connectivity index (χ0v) is 17.5. The average molecular weight is 408 g/mol. The summed E-state index contributed by atoms with van der Waals surface area (Å²) in [6, 6.07) is 15.2. The van der Waals surface area contributed by atoms with E-state index >= 15 is 0 Å². The molecule has 1 N–H and O–H groups in total. The predicted octanol–water partition coefficient (Wildman–Crippen LogP) is 3.07. The second kappa shape index (κ2) is 10.2. The van der Waals surface area contributed by atoms with Gasteiger partial charge >= 0.3 is 0 Å². The van der Waals surface area contributed by atoms with E-state index in [-0.39, 0.29) is 12.3 Å². The molecule has 0 spiro atoms. The van der Waals surface area contributed by atoms with E-state index in [1.54, 1.807) is 24.3 Å². The number of carbonyl (C=O) groups excluding carboxylic acids is 3. The molecule has 3 amide bonds. The Morgan fingerprint density at radius 1 is 0.967 bits per heavy atom. The van der Waals surface area contributed by atoms with E-state index in [0.29, 0.717) is 43.2 Å². The molecule has 1 heterocycles. The SMILES string of the molecule is CC(C)COCCCNC(=O)[C@H](Cc1ccccc1)N1C(=O)c2ccccc2C1=O. The van der Waals surface area contributed by atoms with E-state index in [1.165, 1.54) is 0 Å². The van der Waals surface area contributed by atoms with Crippen molar-refractivity contribution in [2.45, 2.75) is 32.7 Å². The summed E-state index contributed by atoms with van der Waals surface area (Å²) >= 11 is 0. The van der Waals surface area contributed by atoms with E-state index in [4.69, 9.17) is 4.74 Å². The number of nitrogens with one attached hydrogen (secondary N) is 1. The molecule has 1 atom stereocenters. The fourth-order valence-corrected chi connectivity index (χ4v) is 3.45. The Labute approximate surface area is 177 Å². The molecule has 0 saturated heterocycles. The highest BCUT2D eigenvalue weighted by Crippen LogP contribution is 2.26. The summed E-state index contributed by atoms with van der Waals surface area (Å²) < 4.78 is 5.54. The van der Waals surface area contributed by atoms with Crippen LogP contribution in [-0.4, -0.2) is 48.4 Å². The molecule has 6 nitrogen and oxygen atoms in total. The minimum atomic E-state index is -0.906. The van der Waals surface area contributed by atoms with Gasteiger partial charge in [-0.3, -0.25) is 19.3 Å². The second-order valence-corrected chi connectivity index (χ2v) is 7.84. The van der Waals surface area contributed by atoms with Gasteiger partial charge in [0, 0.05) is 26.2 Å². The van der Waals surface area contributed by atoms with Gasteiger partial charge in [-0.15, -0.1) is 0 Å². The third kappa shape index (κ3) is 5.13. The molecule has 0 unspecified atom stereocenters. The first-order chi connectivity index (χ1) is 14.5. The van der Waals surface area contributed by atoms with E-state index in [0.717, 1.165) is 10.5 Å². The van der Waals surface area contributed by atoms with Crippen LogP contribution < -0.4 is 5.32 Å². The van der Waals surface area contributed by atoms with Crippen LogP contribution >= 0.6 is 0 Å². The summed E-state index contributed by atoms with van der Waals surface area (Å²) in [6.45, 7) is 5.82. The largest absolute Gasteiger partial charge is 0.381 e. The number of carbonyl (C=O) groups is 3. The highest BCUT2D eigenvalue weighted by atomic mass is 16.5. The van der Waals surface area contributed by atoms with Crippen LogP contribution in [0.2, 0.25) is 0 Å². The third-order valence-corrected chi connectivity index (χ3v) is 4.93. The van der Waals surface area contributed by atoms with Gasteiger partial charge in [-0.2, -0.15) is 0 Å². The average Bonchev–Trinajstić information content (AvgIpc) is 3.00. The van der Waals surface area contributed by atoms with Gasteiger partial charge in [-0.05, 0) is 30.0 Å². The summed E-state index contributed by atoms with van der Waals surface area (Å²) in [5, 5.41) is 2.87. The lowest BCUT2D eigenvalue weighted by Gasteiger charge is -2.25. The van der Waals surface area contributed by atoms with Crippen molar-refractivity contribution in [1.29, 1.82) is 0 Å². The Hall–Kier alpha value is -2.99. The summed E-state index contributed by atoms with van der Waals surface area (Å²) in [4.78, 5) is 40.0. The van der Waals surface area contributed by atoms with Gasteiger partial charge in [0.2, 0.25) is 5.91 Å². The van der Waals surface area contributed by atoms with Crippen molar-refractivity contribution in [3.05, 3.63) is 71.3 Å². The van der Waals surface area contributed by atoms with E-state index < -0.39 is 17.9 Å². The Kier molecular flexibility index (Phi) is 7.36. The van der Waals surface area contributed by atoms with Crippen molar-refractivity contribution in [3.8, 4) is 0 Å². The first-order valence-electron chi connectivity index (χ1n) is 10.4. The molecule has 0 saturated carbocycles. The van der Waals surface area contributed by atoms with Crippen molar-refractivity contribution < 1.29 is 19.1 Å². The predicted molar refractivity (Wildman–Crippen MR) is 114 cm³/mol. The monoisotopic (exact) mass is 408 g/mol. The van der Waals surface area contributed by atoms with Crippen molar-refractivity contribution in [2.75, 3.05) is 19.8 Å². The molecule has 0 aliphatic carbocycles. The van der Waals surface area contributed by atoms with Crippen molar-refractivity contribution in [1.82, 2.24) is 10.2 Å². The molecule has 2 aromatic rings. The maximum absolute atomic E-state index is 13.0. The molecule has 2 aromatic carbocycles. The lowest BCUT2D eigenvalue weighted by molar-refractivity contribution is -0.125. The molecule has 1 aliphatic heterocycles. The molecule has 0 aromatic heterocycles. The van der Waals surface area contributed by atoms with Crippen molar-refractivity contribution >= 4 is 17.7 Å². The van der Waals surface area contributed by atoms with Crippen LogP contribution in [0.15, 0.2) is 54.6 Å². The quantitative estimate of drug-likeness (QED) is 0.484. The maximum atomic E-state index is 13.0. The fourth-order valence-electron chi connectivity index (χ4n) is 3.45. The smallest absolute Gasteiger partial charge is 0.262 e.